The highest BCUT2D eigenvalue weighted by Crippen LogP contribution is 2.55. The van der Waals surface area contributed by atoms with Crippen molar-refractivity contribution in [1.29, 1.82) is 0 Å². The number of benzene rings is 2. The maximum Gasteiger partial charge on any atom is 0.308 e. The van der Waals surface area contributed by atoms with E-state index < -0.39 is 0 Å². The van der Waals surface area contributed by atoms with Crippen LogP contribution in [0.4, 0.5) is 0 Å². The molecule has 1 saturated heterocycles. The minimum Gasteiger partial charge on any atom is -0.427 e. The Kier molecular flexibility index (Phi) is 8.16. The highest BCUT2D eigenvalue weighted by Gasteiger charge is 2.60. The zero-order chi connectivity index (χ0) is 27.6. The van der Waals surface area contributed by atoms with Gasteiger partial charge in [0.15, 0.2) is 0 Å². The number of rotatable bonds is 9. The van der Waals surface area contributed by atoms with Gasteiger partial charge in [-0.15, -0.1) is 0 Å². The van der Waals surface area contributed by atoms with Gasteiger partial charge in [-0.2, -0.15) is 0 Å². The second-order valence-corrected chi connectivity index (χ2v) is 12.4. The molecule has 2 aromatic carbocycles. The maximum atomic E-state index is 13.9. The zero-order valence-corrected chi connectivity index (χ0v) is 24.0. The first-order valence-electron chi connectivity index (χ1n) is 14.7. The average molecular weight is 533 g/mol. The van der Waals surface area contributed by atoms with Crippen LogP contribution in [-0.2, 0) is 14.9 Å². The number of carbonyl (C=O) groups excluding carboxylic acids is 2. The number of amides is 1. The second-order valence-electron chi connectivity index (χ2n) is 12.4. The van der Waals surface area contributed by atoms with Gasteiger partial charge in [0.05, 0.1) is 5.60 Å². The first-order chi connectivity index (χ1) is 18.7. The minimum absolute atomic E-state index is 0.0933. The van der Waals surface area contributed by atoms with Crippen LogP contribution in [0, 0.1) is 11.8 Å². The van der Waals surface area contributed by atoms with Crippen molar-refractivity contribution in [2.45, 2.75) is 76.4 Å². The summed E-state index contributed by atoms with van der Waals surface area (Å²) >= 11 is 0. The Morgan fingerprint density at radius 3 is 2.49 bits per heavy atom. The molecule has 2 aliphatic carbocycles. The summed E-state index contributed by atoms with van der Waals surface area (Å²) in [7, 11) is 1.87. The van der Waals surface area contributed by atoms with Crippen LogP contribution in [0.1, 0.15) is 75.2 Å². The fourth-order valence-corrected chi connectivity index (χ4v) is 7.21. The van der Waals surface area contributed by atoms with E-state index in [2.05, 4.69) is 29.7 Å². The Labute approximate surface area is 233 Å². The molecule has 5 rings (SSSR count). The molecule has 0 aromatic heterocycles. The first-order valence-corrected chi connectivity index (χ1v) is 14.7. The van der Waals surface area contributed by atoms with E-state index in [-0.39, 0.29) is 28.9 Å². The third-order valence-electron chi connectivity index (χ3n) is 9.21. The van der Waals surface area contributed by atoms with Crippen molar-refractivity contribution in [3.63, 3.8) is 0 Å². The number of hydrogen-bond acceptors (Lipinski definition) is 5. The van der Waals surface area contributed by atoms with E-state index in [4.69, 9.17) is 9.47 Å². The highest BCUT2D eigenvalue weighted by atomic mass is 16.5. The molecule has 0 radical (unpaired) electrons. The molecule has 2 saturated carbocycles. The van der Waals surface area contributed by atoms with Crippen molar-refractivity contribution in [2.24, 2.45) is 11.8 Å². The van der Waals surface area contributed by atoms with Crippen LogP contribution in [0.2, 0.25) is 0 Å². The molecule has 39 heavy (non-hydrogen) atoms. The van der Waals surface area contributed by atoms with Gasteiger partial charge in [-0.3, -0.25) is 9.59 Å². The standard InChI is InChI=1S/C33H44N2O4/c1-24(2)21-35(31(37)27-9-6-5-7-10-27)29-15-16-33(38-4)23-34(22-26-13-14-26)18-17-32(33,20-29)28-11-8-12-30(19-28)39-25(3)36/h5-12,19,24,26,29H,13-18,20-23H2,1-4H3. The van der Waals surface area contributed by atoms with Crippen LogP contribution >= 0.6 is 0 Å². The Morgan fingerprint density at radius 1 is 1.05 bits per heavy atom. The number of fused-ring (bicyclic) bond motifs is 1. The van der Waals surface area contributed by atoms with Crippen LogP contribution in [-0.4, -0.2) is 66.6 Å². The topological polar surface area (TPSA) is 59.1 Å². The molecule has 1 aliphatic heterocycles. The molecule has 6 heteroatoms. The van der Waals surface area contributed by atoms with E-state index in [0.717, 1.165) is 68.9 Å². The van der Waals surface area contributed by atoms with Gasteiger partial charge in [-0.25, -0.2) is 0 Å². The molecule has 1 heterocycles. The zero-order valence-electron chi connectivity index (χ0n) is 24.0. The van der Waals surface area contributed by atoms with Crippen molar-refractivity contribution in [3.8, 4) is 5.75 Å². The summed E-state index contributed by atoms with van der Waals surface area (Å²) in [6.07, 6.45) is 6.22. The first kappa shape index (κ1) is 27.9. The van der Waals surface area contributed by atoms with Crippen LogP contribution in [0.25, 0.3) is 0 Å². The largest absolute Gasteiger partial charge is 0.427 e. The van der Waals surface area contributed by atoms with Crippen LogP contribution < -0.4 is 4.74 Å². The molecule has 3 unspecified atom stereocenters. The summed E-state index contributed by atoms with van der Waals surface area (Å²) in [5.74, 6) is 1.53. The van der Waals surface area contributed by atoms with E-state index in [1.807, 2.05) is 55.6 Å². The molecule has 1 amide bonds. The quantitative estimate of drug-likeness (QED) is 0.306. The SMILES string of the molecule is COC12CCC(N(CC(C)C)C(=O)c3ccccc3)CC1(c1cccc(OC(C)=O)c1)CCN(CC1CC1)C2. The lowest BCUT2D eigenvalue weighted by Crippen LogP contribution is -2.68. The molecule has 3 fully saturated rings. The van der Waals surface area contributed by atoms with Crippen LogP contribution in [0.15, 0.2) is 54.6 Å². The Hall–Kier alpha value is -2.70. The highest BCUT2D eigenvalue weighted by molar-refractivity contribution is 5.94. The van der Waals surface area contributed by atoms with Gasteiger partial charge in [0.1, 0.15) is 5.75 Å². The number of esters is 1. The van der Waals surface area contributed by atoms with E-state index in [1.165, 1.54) is 19.8 Å². The monoisotopic (exact) mass is 532 g/mol. The summed E-state index contributed by atoms with van der Waals surface area (Å²) in [5, 5.41) is 0. The third-order valence-corrected chi connectivity index (χ3v) is 9.21. The van der Waals surface area contributed by atoms with Crippen LogP contribution in [0.5, 0.6) is 5.75 Å². The summed E-state index contributed by atoms with van der Waals surface area (Å²) < 4.78 is 12.1. The maximum absolute atomic E-state index is 13.9. The number of carbonyl (C=O) groups is 2. The molecule has 2 aromatic rings. The van der Waals surface area contributed by atoms with Crippen molar-refractivity contribution < 1.29 is 19.1 Å². The molecule has 0 spiro atoms. The third kappa shape index (κ3) is 5.78. The molecule has 3 atom stereocenters. The van der Waals surface area contributed by atoms with Gasteiger partial charge in [-0.05, 0) is 86.7 Å². The number of likely N-dealkylation sites (tertiary alicyclic amines) is 1. The van der Waals surface area contributed by atoms with E-state index in [9.17, 15) is 9.59 Å². The Bertz CT molecular complexity index is 1160. The van der Waals surface area contributed by atoms with Gasteiger partial charge >= 0.3 is 5.97 Å². The fraction of sp³-hybridized carbons (Fsp3) is 0.576. The lowest BCUT2D eigenvalue weighted by atomic mass is 9.54. The lowest BCUT2D eigenvalue weighted by Gasteiger charge is -2.61. The number of hydrogen-bond donors (Lipinski definition) is 0. The van der Waals surface area contributed by atoms with Crippen molar-refractivity contribution in [2.75, 3.05) is 33.3 Å². The molecular weight excluding hydrogens is 488 g/mol. The van der Waals surface area contributed by atoms with Gasteiger partial charge in [-0.1, -0.05) is 44.2 Å². The Balaban J connectivity index is 1.54. The number of piperidine rings is 1. The smallest absolute Gasteiger partial charge is 0.308 e. The van der Waals surface area contributed by atoms with Gasteiger partial charge in [0.2, 0.25) is 0 Å². The van der Waals surface area contributed by atoms with Crippen molar-refractivity contribution >= 4 is 11.9 Å². The Morgan fingerprint density at radius 2 is 1.82 bits per heavy atom. The summed E-state index contributed by atoms with van der Waals surface area (Å²) in [6, 6.07) is 17.8. The predicted octanol–water partition coefficient (Wildman–Crippen LogP) is 5.70. The molecule has 210 valence electrons. The summed E-state index contributed by atoms with van der Waals surface area (Å²) in [4.78, 5) is 30.5. The average Bonchev–Trinajstić information content (AvgIpc) is 3.75. The van der Waals surface area contributed by atoms with E-state index >= 15 is 0 Å². The van der Waals surface area contributed by atoms with Gasteiger partial charge in [0.25, 0.3) is 5.91 Å². The van der Waals surface area contributed by atoms with E-state index in [1.54, 1.807) is 0 Å². The molecule has 0 N–H and O–H groups in total. The normalized spacial score (nSPS) is 27.2. The molecule has 6 nitrogen and oxygen atoms in total. The summed E-state index contributed by atoms with van der Waals surface area (Å²) in [5.41, 5.74) is 1.22. The number of ether oxygens (including phenoxy) is 2. The van der Waals surface area contributed by atoms with Gasteiger partial charge < -0.3 is 19.3 Å². The molecule has 0 bridgehead atoms. The molecular formula is C33H44N2O4. The minimum atomic E-state index is -0.370. The second kappa shape index (κ2) is 11.4. The van der Waals surface area contributed by atoms with Crippen LogP contribution in [0.3, 0.4) is 0 Å². The number of nitrogens with zero attached hydrogens (tertiary/aromatic N) is 2. The van der Waals surface area contributed by atoms with Crippen molar-refractivity contribution in [3.05, 3.63) is 65.7 Å². The van der Waals surface area contributed by atoms with Crippen molar-refractivity contribution in [1.82, 2.24) is 9.80 Å². The fourth-order valence-electron chi connectivity index (χ4n) is 7.21. The van der Waals surface area contributed by atoms with E-state index in [0.29, 0.717) is 11.7 Å². The number of methoxy groups -OCH3 is 1. The predicted molar refractivity (Wildman–Crippen MR) is 153 cm³/mol. The lowest BCUT2D eigenvalue weighted by molar-refractivity contribution is -0.155. The molecule has 3 aliphatic rings. The van der Waals surface area contributed by atoms with Gasteiger partial charge in [0, 0.05) is 50.7 Å². The summed E-state index contributed by atoms with van der Waals surface area (Å²) in [6.45, 7) is 9.56.